The van der Waals surface area contributed by atoms with Gasteiger partial charge < -0.3 is 20.4 Å². The molecule has 4 nitrogen and oxygen atoms in total. The van der Waals surface area contributed by atoms with Gasteiger partial charge in [0.05, 0.1) is 20.1 Å². The van der Waals surface area contributed by atoms with E-state index in [0.29, 0.717) is 11.5 Å². The molecule has 0 bridgehead atoms. The van der Waals surface area contributed by atoms with E-state index in [9.17, 15) is 20.4 Å². The van der Waals surface area contributed by atoms with Crippen LogP contribution in [0.4, 0.5) is 0 Å². The molecule has 0 spiro atoms. The third-order valence-corrected chi connectivity index (χ3v) is 9.49. The van der Waals surface area contributed by atoms with Crippen molar-refractivity contribution in [3.05, 3.63) is 113 Å². The van der Waals surface area contributed by atoms with Crippen LogP contribution in [0, 0.1) is 27.7 Å². The summed E-state index contributed by atoms with van der Waals surface area (Å²) in [6, 6.07) is 14.9. The molecule has 0 saturated heterocycles. The van der Waals surface area contributed by atoms with Crippen LogP contribution in [0.1, 0.15) is 78.6 Å². The lowest BCUT2D eigenvalue weighted by molar-refractivity contribution is 0.457. The van der Waals surface area contributed by atoms with Crippen LogP contribution < -0.4 is 0 Å². The molecule has 236 valence electrons. The van der Waals surface area contributed by atoms with Crippen LogP contribution in [0.15, 0.2) is 48.5 Å². The Morgan fingerprint density at radius 2 is 0.795 bits per heavy atom. The summed E-state index contributed by atoms with van der Waals surface area (Å²) in [4.78, 5) is 0. The van der Waals surface area contributed by atoms with Gasteiger partial charge in [0.2, 0.25) is 0 Å². The zero-order valence-corrected chi connectivity index (χ0v) is 29.4. The minimum absolute atomic E-state index is 0.0307. The van der Waals surface area contributed by atoms with Gasteiger partial charge in [-0.1, -0.05) is 98.4 Å². The third kappa shape index (κ3) is 7.90. The first-order valence-corrected chi connectivity index (χ1v) is 15.7. The summed E-state index contributed by atoms with van der Waals surface area (Å²) in [7, 11) is 0. The fraction of sp³-hybridized carbons (Fsp3) is 0.333. The number of benzene rings is 4. The van der Waals surface area contributed by atoms with Crippen molar-refractivity contribution in [2.24, 2.45) is 0 Å². The zero-order chi connectivity index (χ0) is 33.3. The summed E-state index contributed by atoms with van der Waals surface area (Å²) < 4.78 is 0. The minimum atomic E-state index is -0.526. The lowest BCUT2D eigenvalue weighted by Crippen LogP contribution is -2.19. The Bertz CT molecular complexity index is 1540. The molecule has 0 aliphatic carbocycles. The second kappa shape index (κ2) is 13.7. The highest BCUT2D eigenvalue weighted by Crippen LogP contribution is 2.43. The number of halogens is 4. The molecule has 0 saturated carbocycles. The van der Waals surface area contributed by atoms with E-state index in [1.165, 1.54) is 11.1 Å². The summed E-state index contributed by atoms with van der Waals surface area (Å²) in [5.74, 6) is 0.492. The van der Waals surface area contributed by atoms with Gasteiger partial charge in [0.1, 0.15) is 11.5 Å². The van der Waals surface area contributed by atoms with E-state index in [1.807, 2.05) is 41.5 Å². The molecule has 0 unspecified atom stereocenters. The molecule has 4 aromatic rings. The molecule has 4 rings (SSSR count). The first-order valence-electron chi connectivity index (χ1n) is 14.2. The van der Waals surface area contributed by atoms with Gasteiger partial charge in [0, 0.05) is 5.41 Å². The number of rotatable bonds is 6. The molecule has 8 heteroatoms. The minimum Gasteiger partial charge on any atom is -0.507 e. The lowest BCUT2D eigenvalue weighted by atomic mass is 9.78. The van der Waals surface area contributed by atoms with E-state index in [0.717, 1.165) is 46.2 Å². The van der Waals surface area contributed by atoms with Crippen molar-refractivity contribution >= 4 is 46.4 Å². The number of aryl methyl sites for hydroxylation is 5. The van der Waals surface area contributed by atoms with Crippen LogP contribution in [0.2, 0.25) is 20.1 Å². The van der Waals surface area contributed by atoms with Crippen molar-refractivity contribution in [2.75, 3.05) is 0 Å². The Kier molecular flexibility index (Phi) is 11.1. The quantitative estimate of drug-likeness (QED) is 0.164. The molecule has 4 N–H and O–H groups in total. The molecule has 0 aromatic heterocycles. The highest BCUT2D eigenvalue weighted by molar-refractivity contribution is 6.37. The van der Waals surface area contributed by atoms with E-state index in [1.54, 1.807) is 24.3 Å². The summed E-state index contributed by atoms with van der Waals surface area (Å²) in [5, 5.41) is 39.8. The van der Waals surface area contributed by atoms with Crippen molar-refractivity contribution in [3.8, 4) is 23.0 Å². The predicted molar refractivity (Wildman–Crippen MR) is 185 cm³/mol. The molecule has 0 atom stereocenters. The molecule has 0 heterocycles. The number of hydrogen-bond donors (Lipinski definition) is 4. The molecule has 0 fully saturated rings. The maximum Gasteiger partial charge on any atom is 0.152 e. The summed E-state index contributed by atoms with van der Waals surface area (Å²) in [5.41, 5.74) is 7.35. The van der Waals surface area contributed by atoms with Crippen molar-refractivity contribution in [1.82, 2.24) is 0 Å². The Morgan fingerprint density at radius 3 is 1.14 bits per heavy atom. The van der Waals surface area contributed by atoms with Gasteiger partial charge in [0.15, 0.2) is 11.5 Å². The second-order valence-electron chi connectivity index (χ2n) is 12.6. The number of phenolic OH excluding ortho intramolecular Hbond substituents is 4. The third-order valence-electron chi connectivity index (χ3n) is 8.34. The van der Waals surface area contributed by atoms with Gasteiger partial charge in [-0.15, -0.1) is 0 Å². The van der Waals surface area contributed by atoms with Gasteiger partial charge >= 0.3 is 0 Å². The monoisotopic (exact) mass is 676 g/mol. The smallest absolute Gasteiger partial charge is 0.152 e. The van der Waals surface area contributed by atoms with Crippen LogP contribution in [0.25, 0.3) is 0 Å². The van der Waals surface area contributed by atoms with Gasteiger partial charge in [-0.2, -0.15) is 0 Å². The van der Waals surface area contributed by atoms with E-state index < -0.39 is 5.41 Å². The Morgan fingerprint density at radius 1 is 0.477 bits per heavy atom. The van der Waals surface area contributed by atoms with E-state index in [4.69, 9.17) is 46.4 Å². The molecule has 4 aromatic carbocycles. The van der Waals surface area contributed by atoms with Crippen molar-refractivity contribution in [1.29, 1.82) is 0 Å². The van der Waals surface area contributed by atoms with Crippen molar-refractivity contribution < 1.29 is 20.4 Å². The van der Waals surface area contributed by atoms with Crippen LogP contribution in [0.5, 0.6) is 23.0 Å². The number of aromatic hydroxyl groups is 4. The van der Waals surface area contributed by atoms with Crippen molar-refractivity contribution in [3.63, 3.8) is 0 Å². The predicted octanol–water partition coefficient (Wildman–Crippen LogP) is 11.3. The standard InChI is InChI=1S/C21H28O2.C15H12Cl4O2/c1-13-9-17(10-14(2)19(13)22)7-8-21(5,6)18-11-15(3)20(23)16(4)12-18;1-15(2,7-3-9(16)13(20)10(17)4-7)8-5-11(18)14(21)12(19)6-8/h9-12,22-23H,7-8H2,1-6H3;3-6,20-21H,1-2H3. The van der Waals surface area contributed by atoms with E-state index >= 15 is 0 Å². The molecular formula is C36H40Cl4O4. The molecule has 44 heavy (non-hydrogen) atoms. The van der Waals surface area contributed by atoms with Crippen LogP contribution in [-0.4, -0.2) is 20.4 Å². The fourth-order valence-electron chi connectivity index (χ4n) is 5.16. The zero-order valence-electron chi connectivity index (χ0n) is 26.3. The Balaban J connectivity index is 0.000000241. The molecular weight excluding hydrogens is 638 g/mol. The van der Waals surface area contributed by atoms with Gasteiger partial charge in [-0.25, -0.2) is 0 Å². The van der Waals surface area contributed by atoms with E-state index in [-0.39, 0.29) is 37.0 Å². The summed E-state index contributed by atoms with van der Waals surface area (Å²) in [6.45, 7) is 16.2. The summed E-state index contributed by atoms with van der Waals surface area (Å²) in [6.07, 6.45) is 1.98. The average Bonchev–Trinajstić information content (AvgIpc) is 2.94. The fourth-order valence-corrected chi connectivity index (χ4v) is 6.13. The maximum atomic E-state index is 9.97. The molecule has 0 radical (unpaired) electrons. The normalized spacial score (nSPS) is 11.7. The number of phenols is 4. The van der Waals surface area contributed by atoms with Crippen LogP contribution in [-0.2, 0) is 17.3 Å². The van der Waals surface area contributed by atoms with Gasteiger partial charge in [-0.3, -0.25) is 0 Å². The Hall–Kier alpha value is -2.76. The second-order valence-corrected chi connectivity index (χ2v) is 14.3. The van der Waals surface area contributed by atoms with Gasteiger partial charge in [0.25, 0.3) is 0 Å². The Labute approximate surface area is 280 Å². The highest BCUT2D eigenvalue weighted by atomic mass is 35.5. The molecule has 0 amide bonds. The lowest BCUT2D eigenvalue weighted by Gasteiger charge is -2.27. The van der Waals surface area contributed by atoms with Crippen molar-refractivity contribution in [2.45, 2.75) is 79.1 Å². The number of hydrogen-bond acceptors (Lipinski definition) is 4. The highest BCUT2D eigenvalue weighted by Gasteiger charge is 2.27. The molecule has 0 aliphatic rings. The van der Waals surface area contributed by atoms with E-state index in [2.05, 4.69) is 38.1 Å². The maximum absolute atomic E-state index is 9.97. The van der Waals surface area contributed by atoms with Gasteiger partial charge in [-0.05, 0) is 115 Å². The first-order chi connectivity index (χ1) is 20.3. The average molecular weight is 679 g/mol. The molecule has 0 aliphatic heterocycles. The largest absolute Gasteiger partial charge is 0.507 e. The van der Waals surface area contributed by atoms with Crippen LogP contribution in [0.3, 0.4) is 0 Å². The summed E-state index contributed by atoms with van der Waals surface area (Å²) >= 11 is 23.9. The van der Waals surface area contributed by atoms with Crippen LogP contribution >= 0.6 is 46.4 Å². The SMILES string of the molecule is CC(C)(c1cc(Cl)c(O)c(Cl)c1)c1cc(Cl)c(O)c(Cl)c1.Cc1cc(CCC(C)(C)c2cc(C)c(O)c(C)c2)cc(C)c1O. The topological polar surface area (TPSA) is 80.9 Å². The first kappa shape index (κ1) is 35.7.